The molecule has 0 saturated heterocycles. The minimum Gasteiger partial charge on any atom is -0.368 e. The molecule has 0 aliphatic rings. The number of imidazole rings is 1. The van der Waals surface area contributed by atoms with Gasteiger partial charge in [-0.1, -0.05) is 18.2 Å². The van der Waals surface area contributed by atoms with Crippen LogP contribution in [0.15, 0.2) is 43.0 Å². The molecule has 0 amide bonds. The smallest absolute Gasteiger partial charge is 0.170 e. The molecule has 0 atom stereocenters. The summed E-state index contributed by atoms with van der Waals surface area (Å²) in [5.74, 6) is 0.790. The standard InChI is InChI=1S/C16H20N6/c1-21(2)10-6-9-17-15-14-16(19-11-18-15)22(12-20-14)13-7-4-3-5-8-13/h3-5,7-8,11-12H,6,9-10H2,1-2H3,(H,17,18,19). The van der Waals surface area contributed by atoms with Crippen LogP contribution in [0.25, 0.3) is 16.9 Å². The number of rotatable bonds is 6. The van der Waals surface area contributed by atoms with Crippen LogP contribution in [0.4, 0.5) is 5.82 Å². The molecule has 6 nitrogen and oxygen atoms in total. The largest absolute Gasteiger partial charge is 0.368 e. The van der Waals surface area contributed by atoms with Crippen molar-refractivity contribution in [2.75, 3.05) is 32.5 Å². The van der Waals surface area contributed by atoms with Crippen molar-refractivity contribution in [1.29, 1.82) is 0 Å². The second-order valence-electron chi connectivity index (χ2n) is 5.43. The molecule has 22 heavy (non-hydrogen) atoms. The average Bonchev–Trinajstić information content (AvgIpc) is 2.97. The van der Waals surface area contributed by atoms with E-state index in [1.807, 2.05) is 34.9 Å². The summed E-state index contributed by atoms with van der Waals surface area (Å²) in [6.07, 6.45) is 4.43. The molecular formula is C16H20N6. The third kappa shape index (κ3) is 3.07. The Hall–Kier alpha value is -2.47. The predicted octanol–water partition coefficient (Wildman–Crippen LogP) is 2.18. The molecule has 3 rings (SSSR count). The Balaban J connectivity index is 1.83. The SMILES string of the molecule is CN(C)CCCNc1ncnc2c1ncn2-c1ccccc1. The van der Waals surface area contributed by atoms with Gasteiger partial charge in [0.25, 0.3) is 0 Å². The van der Waals surface area contributed by atoms with E-state index in [2.05, 4.69) is 39.3 Å². The van der Waals surface area contributed by atoms with Gasteiger partial charge in [-0.15, -0.1) is 0 Å². The summed E-state index contributed by atoms with van der Waals surface area (Å²) in [6, 6.07) is 10.1. The van der Waals surface area contributed by atoms with E-state index < -0.39 is 0 Å². The lowest BCUT2D eigenvalue weighted by atomic mass is 10.3. The molecule has 0 radical (unpaired) electrons. The van der Waals surface area contributed by atoms with Gasteiger partial charge < -0.3 is 10.2 Å². The number of hydrogen-bond donors (Lipinski definition) is 1. The number of anilines is 1. The number of hydrogen-bond acceptors (Lipinski definition) is 5. The summed E-state index contributed by atoms with van der Waals surface area (Å²) in [4.78, 5) is 15.3. The molecular weight excluding hydrogens is 276 g/mol. The number of nitrogens with zero attached hydrogens (tertiary/aromatic N) is 5. The maximum Gasteiger partial charge on any atom is 0.170 e. The topological polar surface area (TPSA) is 58.9 Å². The van der Waals surface area contributed by atoms with E-state index in [0.29, 0.717) is 0 Å². The zero-order valence-electron chi connectivity index (χ0n) is 12.9. The van der Waals surface area contributed by atoms with Crippen LogP contribution in [0, 0.1) is 0 Å². The number of para-hydroxylation sites is 1. The summed E-state index contributed by atoms with van der Waals surface area (Å²) in [5.41, 5.74) is 2.66. The van der Waals surface area contributed by atoms with Crippen LogP contribution < -0.4 is 5.32 Å². The Morgan fingerprint density at radius 1 is 1.09 bits per heavy atom. The minimum atomic E-state index is 0.790. The number of nitrogens with one attached hydrogen (secondary N) is 1. The first kappa shape index (κ1) is 14.5. The van der Waals surface area contributed by atoms with Crippen molar-refractivity contribution >= 4 is 17.0 Å². The second kappa shape index (κ2) is 6.53. The summed E-state index contributed by atoms with van der Waals surface area (Å²) in [7, 11) is 4.15. The highest BCUT2D eigenvalue weighted by atomic mass is 15.1. The van der Waals surface area contributed by atoms with E-state index in [-0.39, 0.29) is 0 Å². The van der Waals surface area contributed by atoms with E-state index in [9.17, 15) is 0 Å². The van der Waals surface area contributed by atoms with Crippen molar-refractivity contribution in [3.05, 3.63) is 43.0 Å². The fourth-order valence-corrected chi connectivity index (χ4v) is 2.34. The van der Waals surface area contributed by atoms with Gasteiger partial charge in [0.2, 0.25) is 0 Å². The third-order valence-electron chi connectivity index (χ3n) is 3.44. The van der Waals surface area contributed by atoms with Crippen molar-refractivity contribution < 1.29 is 0 Å². The molecule has 0 unspecified atom stereocenters. The summed E-state index contributed by atoms with van der Waals surface area (Å²) >= 11 is 0. The fraction of sp³-hybridized carbons (Fsp3) is 0.312. The quantitative estimate of drug-likeness (QED) is 0.707. The normalized spacial score (nSPS) is 11.2. The fourth-order valence-electron chi connectivity index (χ4n) is 2.34. The van der Waals surface area contributed by atoms with Crippen LogP contribution in [0.2, 0.25) is 0 Å². The van der Waals surface area contributed by atoms with Gasteiger partial charge in [0.15, 0.2) is 17.0 Å². The molecule has 0 bridgehead atoms. The zero-order chi connectivity index (χ0) is 15.4. The van der Waals surface area contributed by atoms with Crippen molar-refractivity contribution in [2.24, 2.45) is 0 Å². The Morgan fingerprint density at radius 3 is 2.68 bits per heavy atom. The van der Waals surface area contributed by atoms with Crippen LogP contribution >= 0.6 is 0 Å². The van der Waals surface area contributed by atoms with Crippen molar-refractivity contribution in [1.82, 2.24) is 24.4 Å². The monoisotopic (exact) mass is 296 g/mol. The molecule has 2 aromatic heterocycles. The lowest BCUT2D eigenvalue weighted by molar-refractivity contribution is 0.405. The molecule has 0 aliphatic heterocycles. The van der Waals surface area contributed by atoms with Crippen molar-refractivity contribution in [3.8, 4) is 5.69 Å². The van der Waals surface area contributed by atoms with Gasteiger partial charge in [0.1, 0.15) is 12.7 Å². The maximum atomic E-state index is 4.47. The molecule has 1 aromatic carbocycles. The minimum absolute atomic E-state index is 0.790. The maximum absolute atomic E-state index is 4.47. The highest BCUT2D eigenvalue weighted by Crippen LogP contribution is 2.20. The molecule has 2 heterocycles. The average molecular weight is 296 g/mol. The molecule has 114 valence electrons. The summed E-state index contributed by atoms with van der Waals surface area (Å²) in [6.45, 7) is 1.90. The van der Waals surface area contributed by atoms with Gasteiger partial charge in [-0.25, -0.2) is 15.0 Å². The lowest BCUT2D eigenvalue weighted by Crippen LogP contribution is -2.16. The predicted molar refractivity (Wildman–Crippen MR) is 88.3 cm³/mol. The Bertz CT molecular complexity index is 735. The first-order valence-corrected chi connectivity index (χ1v) is 7.38. The molecule has 1 N–H and O–H groups in total. The molecule has 3 aromatic rings. The number of benzene rings is 1. The third-order valence-corrected chi connectivity index (χ3v) is 3.44. The highest BCUT2D eigenvalue weighted by molar-refractivity contribution is 5.83. The van der Waals surface area contributed by atoms with Gasteiger partial charge in [0.05, 0.1) is 0 Å². The second-order valence-corrected chi connectivity index (χ2v) is 5.43. The molecule has 6 heteroatoms. The first-order chi connectivity index (χ1) is 10.8. The van der Waals surface area contributed by atoms with Crippen molar-refractivity contribution in [2.45, 2.75) is 6.42 Å². The van der Waals surface area contributed by atoms with Gasteiger partial charge in [-0.3, -0.25) is 4.57 Å². The van der Waals surface area contributed by atoms with Gasteiger partial charge in [0, 0.05) is 12.2 Å². The number of fused-ring (bicyclic) bond motifs is 1. The van der Waals surface area contributed by atoms with E-state index in [4.69, 9.17) is 0 Å². The van der Waals surface area contributed by atoms with Crippen LogP contribution in [-0.2, 0) is 0 Å². The Labute approximate surface area is 129 Å². The van der Waals surface area contributed by atoms with E-state index in [1.165, 1.54) is 0 Å². The zero-order valence-corrected chi connectivity index (χ0v) is 12.9. The first-order valence-electron chi connectivity index (χ1n) is 7.38. The van der Waals surface area contributed by atoms with Crippen molar-refractivity contribution in [3.63, 3.8) is 0 Å². The van der Waals surface area contributed by atoms with Gasteiger partial charge >= 0.3 is 0 Å². The summed E-state index contributed by atoms with van der Waals surface area (Å²) in [5, 5.41) is 3.35. The molecule has 0 fully saturated rings. The van der Waals surface area contributed by atoms with E-state index in [1.54, 1.807) is 12.7 Å². The van der Waals surface area contributed by atoms with E-state index in [0.717, 1.165) is 42.2 Å². The Kier molecular flexibility index (Phi) is 4.29. The Morgan fingerprint density at radius 2 is 1.91 bits per heavy atom. The molecule has 0 saturated carbocycles. The molecule has 0 aliphatic carbocycles. The van der Waals surface area contributed by atoms with Crippen LogP contribution in [0.1, 0.15) is 6.42 Å². The van der Waals surface area contributed by atoms with Crippen LogP contribution in [-0.4, -0.2) is 51.6 Å². The highest BCUT2D eigenvalue weighted by Gasteiger charge is 2.10. The van der Waals surface area contributed by atoms with E-state index >= 15 is 0 Å². The van der Waals surface area contributed by atoms with Crippen LogP contribution in [0.5, 0.6) is 0 Å². The lowest BCUT2D eigenvalue weighted by Gasteiger charge is -2.10. The van der Waals surface area contributed by atoms with Gasteiger partial charge in [-0.2, -0.15) is 0 Å². The summed E-state index contributed by atoms with van der Waals surface area (Å²) < 4.78 is 1.97. The van der Waals surface area contributed by atoms with Gasteiger partial charge in [-0.05, 0) is 39.2 Å². The van der Waals surface area contributed by atoms with Crippen LogP contribution in [0.3, 0.4) is 0 Å². The number of aromatic nitrogens is 4. The molecule has 0 spiro atoms.